The Morgan fingerprint density at radius 1 is 1.04 bits per heavy atom. The molecule has 0 spiro atoms. The van der Waals surface area contributed by atoms with Gasteiger partial charge in [0.25, 0.3) is 0 Å². The highest BCUT2D eigenvalue weighted by Crippen LogP contribution is 2.26. The first-order valence-corrected chi connectivity index (χ1v) is 8.74. The summed E-state index contributed by atoms with van der Waals surface area (Å²) in [7, 11) is 0. The summed E-state index contributed by atoms with van der Waals surface area (Å²) in [6, 6.07) is 12.8. The average Bonchev–Trinajstić information content (AvgIpc) is 2.65. The summed E-state index contributed by atoms with van der Waals surface area (Å²) in [6.07, 6.45) is 0. The number of hydrogen-bond acceptors (Lipinski definition) is 7. The van der Waals surface area contributed by atoms with Crippen LogP contribution in [0, 0.1) is 6.92 Å². The molecule has 3 rings (SSSR count). The molecule has 0 unspecified atom stereocenters. The third kappa shape index (κ3) is 4.51. The number of halogens is 1. The second-order valence-electron chi connectivity index (χ2n) is 6.11. The van der Waals surface area contributed by atoms with Crippen LogP contribution in [0.15, 0.2) is 42.5 Å². The maximum Gasteiger partial charge on any atom is 0.232 e. The van der Waals surface area contributed by atoms with Gasteiger partial charge in [-0.05, 0) is 42.3 Å². The van der Waals surface area contributed by atoms with E-state index in [-0.39, 0.29) is 25.1 Å². The molecule has 8 heteroatoms. The maximum atomic E-state index is 9.27. The Labute approximate surface area is 161 Å². The summed E-state index contributed by atoms with van der Waals surface area (Å²) in [5, 5.41) is 22.2. The van der Waals surface area contributed by atoms with Gasteiger partial charge in [0.1, 0.15) is 0 Å². The van der Waals surface area contributed by atoms with Crippen molar-refractivity contribution in [2.45, 2.75) is 12.8 Å². The molecule has 7 nitrogen and oxygen atoms in total. The number of nitrogen functional groups attached to an aromatic ring is 1. The van der Waals surface area contributed by atoms with Gasteiger partial charge in [0, 0.05) is 22.2 Å². The lowest BCUT2D eigenvalue weighted by molar-refractivity contribution is 0.192. The van der Waals surface area contributed by atoms with E-state index in [4.69, 9.17) is 17.3 Å². The van der Waals surface area contributed by atoms with Crippen molar-refractivity contribution in [1.82, 2.24) is 15.0 Å². The second-order valence-corrected chi connectivity index (χ2v) is 6.55. The Balaban J connectivity index is 1.88. The molecule has 3 aromatic rings. The van der Waals surface area contributed by atoms with Crippen LogP contribution in [0.1, 0.15) is 17.0 Å². The van der Waals surface area contributed by atoms with E-state index < -0.39 is 0 Å². The minimum Gasteiger partial charge on any atom is -0.396 e. The first-order valence-electron chi connectivity index (χ1n) is 8.37. The number of nitrogens with one attached hydrogen (secondary N) is 1. The Kier molecular flexibility index (Phi) is 5.85. The van der Waals surface area contributed by atoms with Gasteiger partial charge in [-0.1, -0.05) is 29.8 Å². The van der Waals surface area contributed by atoms with Crippen molar-refractivity contribution in [2.24, 2.45) is 0 Å². The number of rotatable bonds is 6. The summed E-state index contributed by atoms with van der Waals surface area (Å²) >= 11 is 6.09. The van der Waals surface area contributed by atoms with Crippen molar-refractivity contribution in [3.05, 3.63) is 58.6 Å². The minimum atomic E-state index is -0.302. The molecule has 0 atom stereocenters. The summed E-state index contributed by atoms with van der Waals surface area (Å²) in [6.45, 7) is 1.71. The summed E-state index contributed by atoms with van der Waals surface area (Å²) < 4.78 is 0. The molecule has 0 aliphatic heterocycles. The Morgan fingerprint density at radius 2 is 1.74 bits per heavy atom. The lowest BCUT2D eigenvalue weighted by atomic mass is 10.0. The third-order valence-corrected chi connectivity index (χ3v) is 4.41. The number of aromatic nitrogens is 3. The molecule has 0 aliphatic rings. The van der Waals surface area contributed by atoms with E-state index in [0.717, 1.165) is 22.4 Å². The quantitative estimate of drug-likeness (QED) is 0.515. The van der Waals surface area contributed by atoms with E-state index in [1.54, 1.807) is 12.1 Å². The van der Waals surface area contributed by atoms with Gasteiger partial charge >= 0.3 is 0 Å². The minimum absolute atomic E-state index is 0.0964. The Bertz CT molecular complexity index is 930. The number of hydrogen-bond donors (Lipinski definition) is 4. The SMILES string of the molecule is Cc1ccc(Cl)cc1-c1nc(N)nc(Nc2ccc(C(CO)CO)cc2)n1. The van der Waals surface area contributed by atoms with Gasteiger partial charge in [0.15, 0.2) is 5.82 Å². The molecule has 140 valence electrons. The fourth-order valence-corrected chi connectivity index (χ4v) is 2.81. The smallest absolute Gasteiger partial charge is 0.232 e. The van der Waals surface area contributed by atoms with Gasteiger partial charge in [0.05, 0.1) is 13.2 Å². The van der Waals surface area contributed by atoms with Crippen molar-refractivity contribution in [3.8, 4) is 11.4 Å². The Hall–Kier alpha value is -2.74. The monoisotopic (exact) mass is 385 g/mol. The molecule has 0 fully saturated rings. The number of aryl methyl sites for hydroxylation is 1. The molecule has 27 heavy (non-hydrogen) atoms. The third-order valence-electron chi connectivity index (χ3n) is 4.17. The first-order chi connectivity index (χ1) is 13.0. The molecule has 0 saturated carbocycles. The lowest BCUT2D eigenvalue weighted by Gasteiger charge is -2.13. The molecule has 5 N–H and O–H groups in total. The molecule has 0 bridgehead atoms. The lowest BCUT2D eigenvalue weighted by Crippen LogP contribution is -2.09. The Morgan fingerprint density at radius 3 is 2.41 bits per heavy atom. The van der Waals surface area contributed by atoms with Crippen LogP contribution in [0.25, 0.3) is 11.4 Å². The number of aliphatic hydroxyl groups excluding tert-OH is 2. The highest BCUT2D eigenvalue weighted by molar-refractivity contribution is 6.30. The van der Waals surface area contributed by atoms with Crippen LogP contribution < -0.4 is 11.1 Å². The van der Waals surface area contributed by atoms with Gasteiger partial charge < -0.3 is 21.3 Å². The molecular formula is C19H20ClN5O2. The van der Waals surface area contributed by atoms with E-state index in [2.05, 4.69) is 20.3 Å². The van der Waals surface area contributed by atoms with Crippen LogP contribution in [-0.4, -0.2) is 38.4 Å². The van der Waals surface area contributed by atoms with Crippen LogP contribution in [0.4, 0.5) is 17.6 Å². The van der Waals surface area contributed by atoms with Crippen molar-refractivity contribution < 1.29 is 10.2 Å². The summed E-state index contributed by atoms with van der Waals surface area (Å²) in [4.78, 5) is 12.8. The van der Waals surface area contributed by atoms with E-state index in [0.29, 0.717) is 16.8 Å². The van der Waals surface area contributed by atoms with Crippen molar-refractivity contribution >= 4 is 29.2 Å². The van der Waals surface area contributed by atoms with E-state index in [9.17, 15) is 10.2 Å². The van der Waals surface area contributed by atoms with Crippen LogP contribution >= 0.6 is 11.6 Å². The molecule has 0 aliphatic carbocycles. The van der Waals surface area contributed by atoms with E-state index in [1.165, 1.54) is 0 Å². The average molecular weight is 386 g/mol. The van der Waals surface area contributed by atoms with Crippen molar-refractivity contribution in [2.75, 3.05) is 24.3 Å². The number of anilines is 3. The van der Waals surface area contributed by atoms with E-state index >= 15 is 0 Å². The number of benzene rings is 2. The van der Waals surface area contributed by atoms with Gasteiger partial charge in [-0.15, -0.1) is 0 Å². The van der Waals surface area contributed by atoms with Gasteiger partial charge in [-0.25, -0.2) is 0 Å². The second kappa shape index (κ2) is 8.30. The van der Waals surface area contributed by atoms with Gasteiger partial charge in [-0.2, -0.15) is 15.0 Å². The van der Waals surface area contributed by atoms with Crippen LogP contribution in [0.5, 0.6) is 0 Å². The summed E-state index contributed by atoms with van der Waals surface area (Å²) in [5.41, 5.74) is 9.19. The van der Waals surface area contributed by atoms with Gasteiger partial charge in [-0.3, -0.25) is 0 Å². The topological polar surface area (TPSA) is 117 Å². The molecule has 0 amide bonds. The zero-order chi connectivity index (χ0) is 19.4. The molecular weight excluding hydrogens is 366 g/mol. The first kappa shape index (κ1) is 19.0. The number of aliphatic hydroxyl groups is 2. The molecule has 1 aromatic heterocycles. The summed E-state index contributed by atoms with van der Waals surface area (Å²) in [5.74, 6) is 0.538. The molecule has 2 aromatic carbocycles. The standard InChI is InChI=1S/C19H20ClN5O2/c1-11-2-5-14(20)8-16(11)17-23-18(21)25-19(24-17)22-15-6-3-12(4-7-15)13(9-26)10-27/h2-8,13,26-27H,9-10H2,1H3,(H3,21,22,23,24,25). The maximum absolute atomic E-state index is 9.27. The van der Waals surface area contributed by atoms with Crippen molar-refractivity contribution in [1.29, 1.82) is 0 Å². The van der Waals surface area contributed by atoms with Crippen LogP contribution in [0.3, 0.4) is 0 Å². The van der Waals surface area contributed by atoms with Crippen molar-refractivity contribution in [3.63, 3.8) is 0 Å². The largest absolute Gasteiger partial charge is 0.396 e. The highest BCUT2D eigenvalue weighted by atomic mass is 35.5. The molecule has 1 heterocycles. The number of nitrogens with zero attached hydrogens (tertiary/aromatic N) is 3. The zero-order valence-corrected chi connectivity index (χ0v) is 15.5. The predicted octanol–water partition coefficient (Wildman–Crippen LogP) is 2.89. The van der Waals surface area contributed by atoms with Crippen LogP contribution in [0.2, 0.25) is 5.02 Å². The molecule has 0 saturated heterocycles. The predicted molar refractivity (Wildman–Crippen MR) is 106 cm³/mol. The highest BCUT2D eigenvalue weighted by Gasteiger charge is 2.12. The zero-order valence-electron chi connectivity index (χ0n) is 14.7. The fraction of sp³-hybridized carbons (Fsp3) is 0.211. The van der Waals surface area contributed by atoms with Gasteiger partial charge in [0.2, 0.25) is 11.9 Å². The normalized spacial score (nSPS) is 11.0. The fourth-order valence-electron chi connectivity index (χ4n) is 2.64. The molecule has 0 radical (unpaired) electrons. The van der Waals surface area contributed by atoms with E-state index in [1.807, 2.05) is 37.3 Å². The number of nitrogens with two attached hydrogens (primary N) is 1. The van der Waals surface area contributed by atoms with Crippen LogP contribution in [-0.2, 0) is 0 Å².